The highest BCUT2D eigenvalue weighted by molar-refractivity contribution is 5.21. The molecule has 114 valence electrons. The van der Waals surface area contributed by atoms with Gasteiger partial charge in [0.1, 0.15) is 5.92 Å². The molecule has 3 nitrogen and oxygen atoms in total. The summed E-state index contributed by atoms with van der Waals surface area (Å²) >= 11 is 0. The molecule has 0 aliphatic carbocycles. The van der Waals surface area contributed by atoms with Crippen molar-refractivity contribution in [3.8, 4) is 0 Å². The van der Waals surface area contributed by atoms with E-state index in [4.69, 9.17) is 5.11 Å². The summed E-state index contributed by atoms with van der Waals surface area (Å²) in [6.45, 7) is 0.602. The zero-order valence-corrected chi connectivity index (χ0v) is 9.72. The second-order valence-electron chi connectivity index (χ2n) is 3.99. The Balaban J connectivity index is 3.43. The van der Waals surface area contributed by atoms with Crippen LogP contribution in [0.4, 0.5) is 30.7 Å². The number of pyridine rings is 1. The van der Waals surface area contributed by atoms with E-state index >= 15 is 0 Å². The number of halogens is 7. The highest BCUT2D eigenvalue weighted by atomic mass is 19.4. The highest BCUT2D eigenvalue weighted by Crippen LogP contribution is 2.40. The molecule has 3 atom stereocenters. The Morgan fingerprint density at radius 2 is 1.35 bits per heavy atom. The van der Waals surface area contributed by atoms with Crippen LogP contribution in [-0.4, -0.2) is 27.5 Å². The second kappa shape index (κ2) is 5.52. The Labute approximate surface area is 107 Å². The van der Waals surface area contributed by atoms with Crippen LogP contribution in [-0.2, 0) is 0 Å². The van der Waals surface area contributed by atoms with Crippen molar-refractivity contribution in [1.82, 2.24) is 4.98 Å². The fourth-order valence-electron chi connectivity index (χ4n) is 1.66. The smallest absolute Gasteiger partial charge is 0.393 e. The van der Waals surface area contributed by atoms with Gasteiger partial charge < -0.3 is 10.2 Å². The first-order chi connectivity index (χ1) is 8.98. The van der Waals surface area contributed by atoms with Crippen molar-refractivity contribution in [3.05, 3.63) is 29.1 Å². The molecule has 0 saturated carbocycles. The molecular formula is C10H8F7NO2. The lowest BCUT2D eigenvalue weighted by atomic mass is 9.90. The Kier molecular flexibility index (Phi) is 4.59. The van der Waals surface area contributed by atoms with Gasteiger partial charge in [-0.25, -0.2) is 8.78 Å². The number of aromatic nitrogens is 1. The third kappa shape index (κ3) is 3.01. The van der Waals surface area contributed by atoms with E-state index in [0.717, 1.165) is 0 Å². The minimum Gasteiger partial charge on any atom is -0.393 e. The van der Waals surface area contributed by atoms with Crippen LogP contribution in [0.15, 0.2) is 0 Å². The molecule has 0 fully saturated rings. The fourth-order valence-corrected chi connectivity index (χ4v) is 1.66. The zero-order valence-electron chi connectivity index (χ0n) is 9.72. The maximum Gasteiger partial charge on any atom is 0.397 e. The first-order valence-electron chi connectivity index (χ1n) is 5.11. The predicted molar refractivity (Wildman–Crippen MR) is 50.3 cm³/mol. The lowest BCUT2D eigenvalue weighted by Crippen LogP contribution is -2.38. The summed E-state index contributed by atoms with van der Waals surface area (Å²) in [6.07, 6.45) is -10.6. The van der Waals surface area contributed by atoms with Crippen molar-refractivity contribution in [1.29, 1.82) is 0 Å². The lowest BCUT2D eigenvalue weighted by molar-refractivity contribution is -0.225. The highest BCUT2D eigenvalue weighted by Gasteiger charge is 2.49. The molecule has 0 aliphatic heterocycles. The Hall–Kier alpha value is -1.42. The van der Waals surface area contributed by atoms with Crippen LogP contribution in [0.1, 0.15) is 18.6 Å². The van der Waals surface area contributed by atoms with Gasteiger partial charge in [0.05, 0.1) is 17.8 Å². The molecule has 0 saturated heterocycles. The molecule has 0 amide bonds. The van der Waals surface area contributed by atoms with Crippen molar-refractivity contribution < 1.29 is 40.9 Å². The van der Waals surface area contributed by atoms with E-state index in [1.54, 1.807) is 0 Å². The number of hydrogen-bond donors (Lipinski definition) is 2. The van der Waals surface area contributed by atoms with Gasteiger partial charge in [-0.1, -0.05) is 0 Å². The van der Waals surface area contributed by atoms with Gasteiger partial charge in [0, 0.05) is 0 Å². The summed E-state index contributed by atoms with van der Waals surface area (Å²) < 4.78 is 89.9. The van der Waals surface area contributed by atoms with Crippen LogP contribution in [0.3, 0.4) is 0 Å². The minimum atomic E-state index is -5.26. The monoisotopic (exact) mass is 307 g/mol. The minimum absolute atomic E-state index is 0.602. The third-order valence-electron chi connectivity index (χ3n) is 2.57. The van der Waals surface area contributed by atoms with E-state index in [0.29, 0.717) is 6.92 Å². The number of aliphatic hydroxyl groups excluding tert-OH is 2. The van der Waals surface area contributed by atoms with Crippen molar-refractivity contribution >= 4 is 0 Å². The fraction of sp³-hybridized carbons (Fsp3) is 0.500. The molecule has 20 heavy (non-hydrogen) atoms. The summed E-state index contributed by atoms with van der Waals surface area (Å²) in [5, 5.41) is 18.3. The molecule has 2 N–H and O–H groups in total. The molecule has 0 spiro atoms. The molecule has 0 bridgehead atoms. The van der Waals surface area contributed by atoms with Gasteiger partial charge in [0.15, 0.2) is 11.6 Å². The number of hydrogen-bond acceptors (Lipinski definition) is 3. The van der Waals surface area contributed by atoms with E-state index < -0.39 is 53.4 Å². The third-order valence-corrected chi connectivity index (χ3v) is 2.57. The van der Waals surface area contributed by atoms with Crippen molar-refractivity contribution in [2.75, 3.05) is 0 Å². The molecule has 0 aliphatic rings. The van der Waals surface area contributed by atoms with Gasteiger partial charge in [-0.15, -0.1) is 0 Å². The van der Waals surface area contributed by atoms with Crippen LogP contribution in [0, 0.1) is 29.4 Å². The van der Waals surface area contributed by atoms with E-state index in [1.807, 2.05) is 0 Å². The summed E-state index contributed by atoms with van der Waals surface area (Å²) in [7, 11) is 0. The zero-order chi connectivity index (χ0) is 15.8. The second-order valence-corrected chi connectivity index (χ2v) is 3.99. The average Bonchev–Trinajstić information content (AvgIpc) is 2.24. The summed E-state index contributed by atoms with van der Waals surface area (Å²) in [5.41, 5.74) is -1.88. The van der Waals surface area contributed by atoms with Gasteiger partial charge in [-0.3, -0.25) is 0 Å². The van der Waals surface area contributed by atoms with Crippen molar-refractivity contribution in [2.24, 2.45) is 5.92 Å². The van der Waals surface area contributed by atoms with Gasteiger partial charge in [0.2, 0.25) is 0 Å². The van der Waals surface area contributed by atoms with Crippen LogP contribution >= 0.6 is 0 Å². The van der Waals surface area contributed by atoms with Gasteiger partial charge >= 0.3 is 6.18 Å². The largest absolute Gasteiger partial charge is 0.397 e. The Bertz CT molecular complexity index is 477. The van der Waals surface area contributed by atoms with E-state index in [1.165, 1.54) is 0 Å². The maximum atomic E-state index is 13.3. The molecule has 1 aromatic rings. The molecule has 3 unspecified atom stereocenters. The molecule has 1 aromatic heterocycles. The predicted octanol–water partition coefficient (Wildman–Crippen LogP) is 2.23. The molecular weight excluding hydrogens is 299 g/mol. The molecule has 0 radical (unpaired) electrons. The number of aliphatic hydroxyl groups is 2. The van der Waals surface area contributed by atoms with Gasteiger partial charge in [-0.2, -0.15) is 26.9 Å². The first kappa shape index (κ1) is 16.6. The maximum absolute atomic E-state index is 13.3. The molecule has 10 heteroatoms. The molecule has 1 rings (SSSR count). The summed E-state index contributed by atoms with van der Waals surface area (Å²) in [6, 6.07) is 0. The Morgan fingerprint density at radius 3 is 1.65 bits per heavy atom. The summed E-state index contributed by atoms with van der Waals surface area (Å²) in [5.74, 6) is -12.0. The van der Waals surface area contributed by atoms with Gasteiger partial charge in [0.25, 0.3) is 11.9 Å². The quantitative estimate of drug-likeness (QED) is 0.665. The van der Waals surface area contributed by atoms with Crippen LogP contribution in [0.25, 0.3) is 0 Å². The van der Waals surface area contributed by atoms with Crippen molar-refractivity contribution in [2.45, 2.75) is 25.3 Å². The Morgan fingerprint density at radius 1 is 0.950 bits per heavy atom. The SMILES string of the molecule is CC(O)C(C(O)c1c(F)c(F)nc(F)c1F)C(F)(F)F. The van der Waals surface area contributed by atoms with Gasteiger partial charge in [-0.05, 0) is 6.92 Å². The topological polar surface area (TPSA) is 53.4 Å². The molecule has 0 aromatic carbocycles. The van der Waals surface area contributed by atoms with Crippen LogP contribution < -0.4 is 0 Å². The average molecular weight is 307 g/mol. The number of alkyl halides is 3. The molecule has 1 heterocycles. The number of nitrogens with zero attached hydrogens (tertiary/aromatic N) is 1. The van der Waals surface area contributed by atoms with E-state index in [2.05, 4.69) is 4.98 Å². The first-order valence-corrected chi connectivity index (χ1v) is 5.11. The van der Waals surface area contributed by atoms with Crippen LogP contribution in [0.5, 0.6) is 0 Å². The normalized spacial score (nSPS) is 16.9. The van der Waals surface area contributed by atoms with E-state index in [9.17, 15) is 35.8 Å². The van der Waals surface area contributed by atoms with Crippen molar-refractivity contribution in [3.63, 3.8) is 0 Å². The lowest BCUT2D eigenvalue weighted by Gasteiger charge is -2.28. The standard InChI is InChI=1S/C10H8F7NO2/c1-2(19)4(10(15,16)17)7(20)3-5(11)8(13)18-9(14)6(3)12/h2,4,7,19-20H,1H3. The van der Waals surface area contributed by atoms with Crippen LogP contribution in [0.2, 0.25) is 0 Å². The van der Waals surface area contributed by atoms with E-state index in [-0.39, 0.29) is 0 Å². The number of rotatable bonds is 3. The summed E-state index contributed by atoms with van der Waals surface area (Å²) in [4.78, 5) is 2.14.